The largest absolute Gasteiger partial charge is 0.355 e. The standard InChI is InChI=1S/C13H14FN3O3/c14-7-2-3-8-9(6-7)17-13(20)10(11(8)18)12(19)16-5-1-4-15/h2-3,6,10H,1,4-5,15H2,(H,16,19)(H,17,20). The molecule has 0 aliphatic carbocycles. The number of halogens is 1. The molecule has 20 heavy (non-hydrogen) atoms. The Morgan fingerprint density at radius 3 is 2.85 bits per heavy atom. The summed E-state index contributed by atoms with van der Waals surface area (Å²) in [6.07, 6.45) is 0.552. The van der Waals surface area contributed by atoms with E-state index < -0.39 is 29.3 Å². The van der Waals surface area contributed by atoms with Crippen molar-refractivity contribution in [1.82, 2.24) is 5.32 Å². The third-order valence-electron chi connectivity index (χ3n) is 2.97. The normalized spacial score (nSPS) is 17.4. The lowest BCUT2D eigenvalue weighted by atomic mass is 9.91. The van der Waals surface area contributed by atoms with E-state index in [0.29, 0.717) is 19.5 Å². The average molecular weight is 279 g/mol. The van der Waals surface area contributed by atoms with Gasteiger partial charge in [0.15, 0.2) is 11.7 Å². The fraction of sp³-hybridized carbons (Fsp3) is 0.308. The second kappa shape index (κ2) is 5.79. The number of Topliss-reactive ketones (excluding diaryl/α,β-unsaturated/α-hetero) is 1. The molecule has 0 spiro atoms. The molecule has 1 aromatic carbocycles. The number of amides is 2. The topological polar surface area (TPSA) is 101 Å². The summed E-state index contributed by atoms with van der Waals surface area (Å²) >= 11 is 0. The molecule has 1 aliphatic heterocycles. The Bertz CT molecular complexity index is 574. The maximum Gasteiger partial charge on any atom is 0.244 e. The van der Waals surface area contributed by atoms with Gasteiger partial charge in [0.2, 0.25) is 11.8 Å². The summed E-state index contributed by atoms with van der Waals surface area (Å²) in [4.78, 5) is 35.8. The Balaban J connectivity index is 2.20. The molecular weight excluding hydrogens is 265 g/mol. The average Bonchev–Trinajstić information content (AvgIpc) is 2.38. The van der Waals surface area contributed by atoms with Crippen LogP contribution in [0, 0.1) is 11.7 Å². The van der Waals surface area contributed by atoms with Crippen LogP contribution in [0.25, 0.3) is 0 Å². The number of ketones is 1. The summed E-state index contributed by atoms with van der Waals surface area (Å²) < 4.78 is 13.1. The van der Waals surface area contributed by atoms with Crippen molar-refractivity contribution < 1.29 is 18.8 Å². The van der Waals surface area contributed by atoms with E-state index in [1.165, 1.54) is 6.07 Å². The van der Waals surface area contributed by atoms with Gasteiger partial charge in [-0.1, -0.05) is 0 Å². The smallest absolute Gasteiger partial charge is 0.244 e. The van der Waals surface area contributed by atoms with Gasteiger partial charge >= 0.3 is 0 Å². The maximum absolute atomic E-state index is 13.1. The molecule has 106 valence electrons. The van der Waals surface area contributed by atoms with E-state index in [-0.39, 0.29) is 11.3 Å². The molecule has 0 radical (unpaired) electrons. The number of fused-ring (bicyclic) bond motifs is 1. The van der Waals surface area contributed by atoms with Crippen molar-refractivity contribution in [2.45, 2.75) is 6.42 Å². The minimum Gasteiger partial charge on any atom is -0.355 e. The number of carbonyl (C=O) groups is 3. The molecule has 1 unspecified atom stereocenters. The molecule has 2 rings (SSSR count). The molecule has 0 saturated heterocycles. The van der Waals surface area contributed by atoms with Crippen LogP contribution < -0.4 is 16.4 Å². The Kier molecular flexibility index (Phi) is 4.09. The van der Waals surface area contributed by atoms with Crippen molar-refractivity contribution in [3.8, 4) is 0 Å². The molecule has 0 bridgehead atoms. The highest BCUT2D eigenvalue weighted by Gasteiger charge is 2.39. The van der Waals surface area contributed by atoms with Gasteiger partial charge in [-0.15, -0.1) is 0 Å². The van der Waals surface area contributed by atoms with Gasteiger partial charge in [-0.05, 0) is 31.2 Å². The number of hydrogen-bond donors (Lipinski definition) is 3. The van der Waals surface area contributed by atoms with Crippen LogP contribution in [-0.2, 0) is 9.59 Å². The van der Waals surface area contributed by atoms with Gasteiger partial charge in [0.1, 0.15) is 5.82 Å². The van der Waals surface area contributed by atoms with Gasteiger partial charge in [0.05, 0.1) is 5.69 Å². The summed E-state index contributed by atoms with van der Waals surface area (Å²) in [5.41, 5.74) is 5.51. The quantitative estimate of drug-likeness (QED) is 0.535. The van der Waals surface area contributed by atoms with Crippen molar-refractivity contribution in [3.63, 3.8) is 0 Å². The summed E-state index contributed by atoms with van der Waals surface area (Å²) in [5.74, 6) is -4.06. The second-order valence-corrected chi connectivity index (χ2v) is 4.41. The fourth-order valence-corrected chi connectivity index (χ4v) is 1.97. The highest BCUT2D eigenvalue weighted by molar-refractivity contribution is 6.30. The number of benzene rings is 1. The van der Waals surface area contributed by atoms with Gasteiger partial charge in [0.25, 0.3) is 0 Å². The van der Waals surface area contributed by atoms with E-state index in [1.807, 2.05) is 0 Å². The third-order valence-corrected chi connectivity index (χ3v) is 2.97. The molecule has 1 aliphatic rings. The van der Waals surface area contributed by atoms with E-state index in [1.54, 1.807) is 0 Å². The highest BCUT2D eigenvalue weighted by atomic mass is 19.1. The molecule has 2 amide bonds. The van der Waals surface area contributed by atoms with E-state index >= 15 is 0 Å². The van der Waals surface area contributed by atoms with Crippen molar-refractivity contribution in [3.05, 3.63) is 29.6 Å². The van der Waals surface area contributed by atoms with Gasteiger partial charge in [-0.2, -0.15) is 0 Å². The van der Waals surface area contributed by atoms with Crippen molar-refractivity contribution >= 4 is 23.3 Å². The van der Waals surface area contributed by atoms with Crippen LogP contribution in [0.15, 0.2) is 18.2 Å². The van der Waals surface area contributed by atoms with Crippen LogP contribution in [0.4, 0.5) is 10.1 Å². The van der Waals surface area contributed by atoms with Crippen LogP contribution in [-0.4, -0.2) is 30.7 Å². The van der Waals surface area contributed by atoms with Crippen LogP contribution in [0.2, 0.25) is 0 Å². The molecule has 0 fully saturated rings. The molecule has 0 saturated carbocycles. The number of anilines is 1. The maximum atomic E-state index is 13.1. The predicted molar refractivity (Wildman–Crippen MR) is 69.5 cm³/mol. The SMILES string of the molecule is NCCCNC(=O)C1C(=O)Nc2cc(F)ccc2C1=O. The summed E-state index contributed by atoms with van der Waals surface area (Å²) in [6.45, 7) is 0.690. The molecule has 0 aromatic heterocycles. The summed E-state index contributed by atoms with van der Waals surface area (Å²) in [7, 11) is 0. The number of rotatable bonds is 4. The molecule has 7 heteroatoms. The van der Waals surface area contributed by atoms with E-state index in [0.717, 1.165) is 12.1 Å². The molecule has 1 atom stereocenters. The summed E-state index contributed by atoms with van der Waals surface area (Å²) in [6, 6.07) is 3.41. The molecule has 1 heterocycles. The Labute approximate surface area is 114 Å². The predicted octanol–water partition coefficient (Wildman–Crippen LogP) is 0.0417. The van der Waals surface area contributed by atoms with E-state index in [9.17, 15) is 18.8 Å². The van der Waals surface area contributed by atoms with Crippen molar-refractivity contribution in [2.75, 3.05) is 18.4 Å². The van der Waals surface area contributed by atoms with E-state index in [4.69, 9.17) is 5.73 Å². The third kappa shape index (κ3) is 2.67. The Hall–Kier alpha value is -2.28. The molecular formula is C13H14FN3O3. The van der Waals surface area contributed by atoms with Crippen LogP contribution in [0.1, 0.15) is 16.8 Å². The number of hydrogen-bond acceptors (Lipinski definition) is 4. The lowest BCUT2D eigenvalue weighted by Crippen LogP contribution is -2.46. The first-order chi connectivity index (χ1) is 9.54. The fourth-order valence-electron chi connectivity index (χ4n) is 1.97. The number of nitrogens with one attached hydrogen (secondary N) is 2. The monoisotopic (exact) mass is 279 g/mol. The van der Waals surface area contributed by atoms with Crippen LogP contribution in [0.5, 0.6) is 0 Å². The highest BCUT2D eigenvalue weighted by Crippen LogP contribution is 2.26. The number of nitrogens with two attached hydrogens (primary N) is 1. The first-order valence-corrected chi connectivity index (χ1v) is 6.17. The first-order valence-electron chi connectivity index (χ1n) is 6.17. The zero-order valence-electron chi connectivity index (χ0n) is 10.6. The first kappa shape index (κ1) is 14.1. The van der Waals surface area contributed by atoms with Crippen molar-refractivity contribution in [2.24, 2.45) is 11.7 Å². The van der Waals surface area contributed by atoms with Gasteiger partial charge in [0, 0.05) is 12.1 Å². The second-order valence-electron chi connectivity index (χ2n) is 4.41. The van der Waals surface area contributed by atoms with E-state index in [2.05, 4.69) is 10.6 Å². The zero-order valence-corrected chi connectivity index (χ0v) is 10.6. The lowest BCUT2D eigenvalue weighted by Gasteiger charge is -2.22. The molecule has 4 N–H and O–H groups in total. The minimum atomic E-state index is -1.44. The Morgan fingerprint density at radius 1 is 1.40 bits per heavy atom. The molecule has 1 aromatic rings. The number of carbonyl (C=O) groups excluding carboxylic acids is 3. The van der Waals surface area contributed by atoms with Gasteiger partial charge < -0.3 is 16.4 Å². The van der Waals surface area contributed by atoms with Crippen LogP contribution >= 0.6 is 0 Å². The van der Waals surface area contributed by atoms with Gasteiger partial charge in [-0.3, -0.25) is 14.4 Å². The zero-order chi connectivity index (χ0) is 14.7. The Morgan fingerprint density at radius 2 is 2.15 bits per heavy atom. The van der Waals surface area contributed by atoms with Crippen molar-refractivity contribution in [1.29, 1.82) is 0 Å². The molecule has 6 nitrogen and oxygen atoms in total. The minimum absolute atomic E-state index is 0.0889. The van der Waals surface area contributed by atoms with Crippen LogP contribution in [0.3, 0.4) is 0 Å². The summed E-state index contributed by atoms with van der Waals surface area (Å²) in [5, 5.41) is 4.85. The van der Waals surface area contributed by atoms with Gasteiger partial charge in [-0.25, -0.2) is 4.39 Å². The lowest BCUT2D eigenvalue weighted by molar-refractivity contribution is -0.130.